The molecule has 0 aliphatic rings. The highest BCUT2D eigenvalue weighted by atomic mass is 16.5. The van der Waals surface area contributed by atoms with E-state index in [4.69, 9.17) is 4.74 Å². The Balaban J connectivity index is 2.31. The van der Waals surface area contributed by atoms with Crippen molar-refractivity contribution in [3.8, 4) is 0 Å². The maximum absolute atomic E-state index is 11.2. The number of rotatable bonds is 2. The Morgan fingerprint density at radius 3 is 2.25 bits per heavy atom. The van der Waals surface area contributed by atoms with Crippen LogP contribution in [-0.2, 0) is 9.53 Å². The zero-order valence-corrected chi connectivity index (χ0v) is 11.6. The van der Waals surface area contributed by atoms with Crippen molar-refractivity contribution in [3.05, 3.63) is 60.2 Å². The van der Waals surface area contributed by atoms with Crippen LogP contribution >= 0.6 is 0 Å². The van der Waals surface area contributed by atoms with Crippen LogP contribution in [-0.4, -0.2) is 5.97 Å². The Morgan fingerprint density at radius 1 is 0.950 bits per heavy atom. The molecule has 3 aromatic carbocycles. The molecular formula is C18H16O2. The first-order valence-corrected chi connectivity index (χ1v) is 6.74. The average molecular weight is 264 g/mol. The molecule has 0 fully saturated rings. The van der Waals surface area contributed by atoms with E-state index in [-0.39, 0.29) is 12.1 Å². The van der Waals surface area contributed by atoms with Crippen LogP contribution in [0.3, 0.4) is 0 Å². The SMILES string of the molecule is CC(=O)O[C@H](C)c1cc2ccccc2c2ccccc12. The van der Waals surface area contributed by atoms with Crippen LogP contribution in [0.1, 0.15) is 25.5 Å². The summed E-state index contributed by atoms with van der Waals surface area (Å²) >= 11 is 0. The zero-order valence-electron chi connectivity index (χ0n) is 11.6. The van der Waals surface area contributed by atoms with Gasteiger partial charge in [-0.15, -0.1) is 0 Å². The highest BCUT2D eigenvalue weighted by molar-refractivity contribution is 6.09. The van der Waals surface area contributed by atoms with Gasteiger partial charge < -0.3 is 4.74 Å². The fraction of sp³-hybridized carbons (Fsp3) is 0.167. The number of hydrogen-bond acceptors (Lipinski definition) is 2. The fourth-order valence-electron chi connectivity index (χ4n) is 2.73. The molecule has 0 saturated carbocycles. The minimum atomic E-state index is -0.255. The second kappa shape index (κ2) is 4.97. The van der Waals surface area contributed by atoms with Gasteiger partial charge in [0.1, 0.15) is 6.10 Å². The van der Waals surface area contributed by atoms with E-state index in [9.17, 15) is 4.79 Å². The number of ether oxygens (including phenoxy) is 1. The predicted molar refractivity (Wildman–Crippen MR) is 81.6 cm³/mol. The molecule has 2 heteroatoms. The van der Waals surface area contributed by atoms with E-state index >= 15 is 0 Å². The first-order chi connectivity index (χ1) is 9.66. The Labute approximate surface area is 118 Å². The average Bonchev–Trinajstić information content (AvgIpc) is 2.45. The second-order valence-electron chi connectivity index (χ2n) is 4.98. The van der Waals surface area contributed by atoms with Crippen LogP contribution in [0.15, 0.2) is 54.6 Å². The van der Waals surface area contributed by atoms with Gasteiger partial charge in [-0.25, -0.2) is 0 Å². The highest BCUT2D eigenvalue weighted by Gasteiger charge is 2.14. The first kappa shape index (κ1) is 12.7. The van der Waals surface area contributed by atoms with E-state index in [1.807, 2.05) is 31.2 Å². The molecule has 0 spiro atoms. The summed E-state index contributed by atoms with van der Waals surface area (Å²) in [6.45, 7) is 3.36. The highest BCUT2D eigenvalue weighted by Crippen LogP contribution is 2.33. The molecule has 3 rings (SSSR count). The van der Waals surface area contributed by atoms with Crippen LogP contribution < -0.4 is 0 Å². The second-order valence-corrected chi connectivity index (χ2v) is 4.98. The Bertz CT molecular complexity index is 790. The van der Waals surface area contributed by atoms with Gasteiger partial charge in [0, 0.05) is 12.5 Å². The maximum atomic E-state index is 11.2. The quantitative estimate of drug-likeness (QED) is 0.499. The van der Waals surface area contributed by atoms with E-state index < -0.39 is 0 Å². The Kier molecular flexibility index (Phi) is 3.15. The summed E-state index contributed by atoms with van der Waals surface area (Å²) in [7, 11) is 0. The van der Waals surface area contributed by atoms with Gasteiger partial charge in [-0.3, -0.25) is 4.79 Å². The third kappa shape index (κ3) is 2.14. The molecule has 3 aromatic rings. The Hall–Kier alpha value is -2.35. The smallest absolute Gasteiger partial charge is 0.303 e. The number of esters is 1. The molecule has 100 valence electrons. The minimum Gasteiger partial charge on any atom is -0.458 e. The number of benzene rings is 3. The van der Waals surface area contributed by atoms with E-state index in [1.165, 1.54) is 23.1 Å². The van der Waals surface area contributed by atoms with Crippen molar-refractivity contribution in [2.24, 2.45) is 0 Å². The van der Waals surface area contributed by atoms with Crippen LogP contribution in [0.4, 0.5) is 0 Å². The molecule has 0 unspecified atom stereocenters. The van der Waals surface area contributed by atoms with Gasteiger partial charge in [0.2, 0.25) is 0 Å². The van der Waals surface area contributed by atoms with Gasteiger partial charge in [0.05, 0.1) is 0 Å². The molecule has 0 amide bonds. The molecule has 0 aliphatic heterocycles. The van der Waals surface area contributed by atoms with E-state index in [2.05, 4.69) is 30.3 Å². The van der Waals surface area contributed by atoms with Gasteiger partial charge in [0.15, 0.2) is 0 Å². The fourth-order valence-corrected chi connectivity index (χ4v) is 2.73. The minimum absolute atomic E-state index is 0.248. The maximum Gasteiger partial charge on any atom is 0.303 e. The molecule has 0 aliphatic carbocycles. The monoisotopic (exact) mass is 264 g/mol. The van der Waals surface area contributed by atoms with Gasteiger partial charge in [-0.05, 0) is 34.5 Å². The largest absolute Gasteiger partial charge is 0.458 e. The molecule has 1 atom stereocenters. The van der Waals surface area contributed by atoms with Crippen molar-refractivity contribution in [3.63, 3.8) is 0 Å². The van der Waals surface area contributed by atoms with Crippen molar-refractivity contribution in [2.45, 2.75) is 20.0 Å². The Morgan fingerprint density at radius 2 is 1.55 bits per heavy atom. The van der Waals surface area contributed by atoms with Gasteiger partial charge >= 0.3 is 5.97 Å². The lowest BCUT2D eigenvalue weighted by Gasteiger charge is -2.16. The molecule has 0 bridgehead atoms. The van der Waals surface area contributed by atoms with Gasteiger partial charge in [-0.2, -0.15) is 0 Å². The summed E-state index contributed by atoms with van der Waals surface area (Å²) < 4.78 is 5.35. The lowest BCUT2D eigenvalue weighted by molar-refractivity contribution is -0.145. The molecule has 0 saturated heterocycles. The van der Waals surface area contributed by atoms with Crippen LogP contribution in [0.5, 0.6) is 0 Å². The summed E-state index contributed by atoms with van der Waals surface area (Å²) in [6.07, 6.45) is -0.248. The van der Waals surface area contributed by atoms with Crippen molar-refractivity contribution in [2.75, 3.05) is 0 Å². The van der Waals surface area contributed by atoms with Crippen molar-refractivity contribution in [1.82, 2.24) is 0 Å². The molecule has 20 heavy (non-hydrogen) atoms. The summed E-state index contributed by atoms with van der Waals surface area (Å²) in [6, 6.07) is 18.6. The van der Waals surface area contributed by atoms with Crippen LogP contribution in [0.2, 0.25) is 0 Å². The predicted octanol–water partition coefficient (Wildman–Crippen LogP) is 4.62. The molecule has 2 nitrogen and oxygen atoms in total. The normalized spacial score (nSPS) is 12.5. The summed E-state index contributed by atoms with van der Waals surface area (Å²) in [5.74, 6) is -0.255. The molecule has 0 heterocycles. The topological polar surface area (TPSA) is 26.3 Å². The molecule has 0 aromatic heterocycles. The zero-order chi connectivity index (χ0) is 14.1. The number of carbonyl (C=O) groups is 1. The molecule has 0 N–H and O–H groups in total. The van der Waals surface area contributed by atoms with Crippen molar-refractivity contribution >= 4 is 27.5 Å². The van der Waals surface area contributed by atoms with E-state index in [0.717, 1.165) is 10.9 Å². The lowest BCUT2D eigenvalue weighted by atomic mass is 9.95. The van der Waals surface area contributed by atoms with Crippen LogP contribution in [0.25, 0.3) is 21.5 Å². The third-order valence-electron chi connectivity index (χ3n) is 3.58. The summed E-state index contributed by atoms with van der Waals surface area (Å²) in [5, 5.41) is 4.72. The standard InChI is InChI=1S/C18H16O2/c1-12(20-13(2)19)18-11-14-7-3-4-8-15(14)16-9-5-6-10-17(16)18/h3-12H,1-2H3/t12-/m1/s1. The van der Waals surface area contributed by atoms with Crippen molar-refractivity contribution in [1.29, 1.82) is 0 Å². The molecular weight excluding hydrogens is 248 g/mol. The first-order valence-electron chi connectivity index (χ1n) is 6.74. The van der Waals surface area contributed by atoms with Gasteiger partial charge in [-0.1, -0.05) is 48.5 Å². The third-order valence-corrected chi connectivity index (χ3v) is 3.58. The number of carbonyl (C=O) groups excluding carboxylic acids is 1. The summed E-state index contributed by atoms with van der Waals surface area (Å²) in [5.41, 5.74) is 1.05. The van der Waals surface area contributed by atoms with Crippen LogP contribution in [0, 0.1) is 0 Å². The number of hydrogen-bond donors (Lipinski definition) is 0. The van der Waals surface area contributed by atoms with Gasteiger partial charge in [0.25, 0.3) is 0 Å². The van der Waals surface area contributed by atoms with Crippen molar-refractivity contribution < 1.29 is 9.53 Å². The number of fused-ring (bicyclic) bond motifs is 3. The van der Waals surface area contributed by atoms with E-state index in [1.54, 1.807) is 0 Å². The molecule has 0 radical (unpaired) electrons. The lowest BCUT2D eigenvalue weighted by Crippen LogP contribution is -2.05. The van der Waals surface area contributed by atoms with E-state index in [0.29, 0.717) is 0 Å². The summed E-state index contributed by atoms with van der Waals surface area (Å²) in [4.78, 5) is 11.2.